The first-order valence-corrected chi connectivity index (χ1v) is 7.61. The summed E-state index contributed by atoms with van der Waals surface area (Å²) in [6.07, 6.45) is 1.68. The molecule has 3 nitrogen and oxygen atoms in total. The lowest BCUT2D eigenvalue weighted by molar-refractivity contribution is 0.469. The van der Waals surface area contributed by atoms with E-state index in [9.17, 15) is 5.11 Å². The van der Waals surface area contributed by atoms with Gasteiger partial charge in [0.05, 0.1) is 10.0 Å². The summed E-state index contributed by atoms with van der Waals surface area (Å²) in [6, 6.07) is 13.2. The van der Waals surface area contributed by atoms with E-state index in [2.05, 4.69) is 10.3 Å². The van der Waals surface area contributed by atoms with Crippen molar-refractivity contribution in [3.63, 3.8) is 0 Å². The fraction of sp³-hybridized carbons (Fsp3) is 0.118. The van der Waals surface area contributed by atoms with Gasteiger partial charge in [0.2, 0.25) is 0 Å². The van der Waals surface area contributed by atoms with Crippen molar-refractivity contribution in [3.8, 4) is 5.75 Å². The SMILES string of the molecule is Oc1c(CNCc2ccc(Cl)c(Cl)c2)ccc2cccnc12. The van der Waals surface area contributed by atoms with Crippen LogP contribution in [0.2, 0.25) is 10.0 Å². The van der Waals surface area contributed by atoms with Gasteiger partial charge < -0.3 is 10.4 Å². The van der Waals surface area contributed by atoms with Crippen molar-refractivity contribution in [1.29, 1.82) is 0 Å². The molecule has 2 aromatic carbocycles. The fourth-order valence-corrected chi connectivity index (χ4v) is 2.63. The lowest BCUT2D eigenvalue weighted by Crippen LogP contribution is -2.12. The van der Waals surface area contributed by atoms with E-state index in [1.54, 1.807) is 12.3 Å². The van der Waals surface area contributed by atoms with Crippen molar-refractivity contribution in [3.05, 3.63) is 69.8 Å². The molecule has 0 unspecified atom stereocenters. The van der Waals surface area contributed by atoms with Crippen molar-refractivity contribution < 1.29 is 5.11 Å². The van der Waals surface area contributed by atoms with Crippen LogP contribution in [0.5, 0.6) is 5.75 Å². The van der Waals surface area contributed by atoms with Gasteiger partial charge in [-0.25, -0.2) is 0 Å². The highest BCUT2D eigenvalue weighted by molar-refractivity contribution is 6.42. The zero-order valence-corrected chi connectivity index (χ0v) is 13.2. The summed E-state index contributed by atoms with van der Waals surface area (Å²) in [5.74, 6) is 0.222. The summed E-state index contributed by atoms with van der Waals surface area (Å²) < 4.78 is 0. The van der Waals surface area contributed by atoms with E-state index in [0.29, 0.717) is 28.7 Å². The number of benzene rings is 2. The molecule has 3 rings (SSSR count). The number of halogens is 2. The summed E-state index contributed by atoms with van der Waals surface area (Å²) in [4.78, 5) is 4.22. The summed E-state index contributed by atoms with van der Waals surface area (Å²) in [6.45, 7) is 1.18. The van der Waals surface area contributed by atoms with E-state index < -0.39 is 0 Å². The van der Waals surface area contributed by atoms with Crippen molar-refractivity contribution in [2.45, 2.75) is 13.1 Å². The number of nitrogens with one attached hydrogen (secondary N) is 1. The van der Waals surface area contributed by atoms with Gasteiger partial charge in [0.15, 0.2) is 0 Å². The molecule has 0 atom stereocenters. The number of hydrogen-bond donors (Lipinski definition) is 2. The van der Waals surface area contributed by atoms with Crippen molar-refractivity contribution >= 4 is 34.1 Å². The van der Waals surface area contributed by atoms with Gasteiger partial charge in [-0.2, -0.15) is 0 Å². The first-order chi connectivity index (χ1) is 10.6. The smallest absolute Gasteiger partial charge is 0.146 e. The van der Waals surface area contributed by atoms with Gasteiger partial charge in [-0.3, -0.25) is 4.98 Å². The van der Waals surface area contributed by atoms with Crippen LogP contribution in [-0.2, 0) is 13.1 Å². The second-order valence-corrected chi connectivity index (χ2v) is 5.81. The molecule has 3 aromatic rings. The number of aromatic hydroxyl groups is 1. The highest BCUT2D eigenvalue weighted by atomic mass is 35.5. The number of phenolic OH excluding ortho intramolecular Hbond substituents is 1. The summed E-state index contributed by atoms with van der Waals surface area (Å²) in [5.41, 5.74) is 2.47. The van der Waals surface area contributed by atoms with Crippen LogP contribution in [0.15, 0.2) is 48.7 Å². The van der Waals surface area contributed by atoms with Gasteiger partial charge in [-0.1, -0.05) is 47.5 Å². The van der Waals surface area contributed by atoms with Crippen LogP contribution in [0.3, 0.4) is 0 Å². The maximum absolute atomic E-state index is 10.3. The van der Waals surface area contributed by atoms with Crippen molar-refractivity contribution in [2.75, 3.05) is 0 Å². The van der Waals surface area contributed by atoms with Gasteiger partial charge in [0.1, 0.15) is 11.3 Å². The maximum atomic E-state index is 10.3. The second kappa shape index (κ2) is 6.53. The van der Waals surface area contributed by atoms with Crippen LogP contribution < -0.4 is 5.32 Å². The number of nitrogens with zero attached hydrogens (tertiary/aromatic N) is 1. The molecule has 0 saturated heterocycles. The quantitative estimate of drug-likeness (QED) is 0.737. The van der Waals surface area contributed by atoms with Crippen LogP contribution >= 0.6 is 23.2 Å². The van der Waals surface area contributed by atoms with Gasteiger partial charge in [-0.05, 0) is 23.8 Å². The largest absolute Gasteiger partial charge is 0.505 e. The minimum Gasteiger partial charge on any atom is -0.505 e. The Bertz CT molecular complexity index is 821. The summed E-state index contributed by atoms with van der Waals surface area (Å²) in [5, 5.41) is 15.6. The highest BCUT2D eigenvalue weighted by Crippen LogP contribution is 2.27. The molecule has 22 heavy (non-hydrogen) atoms. The number of fused-ring (bicyclic) bond motifs is 1. The average Bonchev–Trinajstić information content (AvgIpc) is 2.53. The molecule has 0 bridgehead atoms. The standard InChI is InChI=1S/C17H14Cl2N2O/c18-14-6-3-11(8-15(14)19)9-20-10-13-5-4-12-2-1-7-21-16(12)17(13)22/h1-8,20,22H,9-10H2. The third kappa shape index (κ3) is 3.17. The number of hydrogen-bond acceptors (Lipinski definition) is 3. The molecule has 0 radical (unpaired) electrons. The van der Waals surface area contributed by atoms with Crippen LogP contribution in [0.1, 0.15) is 11.1 Å². The van der Waals surface area contributed by atoms with Gasteiger partial charge >= 0.3 is 0 Å². The first kappa shape index (κ1) is 15.1. The normalized spacial score (nSPS) is 11.0. The predicted molar refractivity (Wildman–Crippen MR) is 90.4 cm³/mol. The fourth-order valence-electron chi connectivity index (χ4n) is 2.31. The molecule has 1 heterocycles. The molecule has 0 spiro atoms. The van der Waals surface area contributed by atoms with Gasteiger partial charge in [0.25, 0.3) is 0 Å². The van der Waals surface area contributed by atoms with Crippen LogP contribution in [0, 0.1) is 0 Å². The van der Waals surface area contributed by atoms with E-state index in [-0.39, 0.29) is 5.75 Å². The Kier molecular flexibility index (Phi) is 4.48. The molecule has 0 saturated carbocycles. The molecular formula is C17H14Cl2N2O. The summed E-state index contributed by atoms with van der Waals surface area (Å²) in [7, 11) is 0. The Morgan fingerprint density at radius 3 is 2.68 bits per heavy atom. The van der Waals surface area contributed by atoms with E-state index in [4.69, 9.17) is 23.2 Å². The van der Waals surface area contributed by atoms with E-state index in [0.717, 1.165) is 16.5 Å². The third-order valence-electron chi connectivity index (χ3n) is 3.46. The lowest BCUT2D eigenvalue weighted by Gasteiger charge is -2.09. The molecule has 0 fully saturated rings. The Balaban J connectivity index is 1.71. The first-order valence-electron chi connectivity index (χ1n) is 6.85. The monoisotopic (exact) mass is 332 g/mol. The molecule has 2 N–H and O–H groups in total. The second-order valence-electron chi connectivity index (χ2n) is 5.00. The molecule has 0 aliphatic rings. The van der Waals surface area contributed by atoms with E-state index in [1.165, 1.54) is 0 Å². The van der Waals surface area contributed by atoms with Gasteiger partial charge in [0, 0.05) is 30.2 Å². The molecule has 0 amide bonds. The molecule has 1 aromatic heterocycles. The Morgan fingerprint density at radius 2 is 1.86 bits per heavy atom. The van der Waals surface area contributed by atoms with Crippen molar-refractivity contribution in [1.82, 2.24) is 10.3 Å². The highest BCUT2D eigenvalue weighted by Gasteiger charge is 2.07. The number of pyridine rings is 1. The third-order valence-corrected chi connectivity index (χ3v) is 4.20. The minimum absolute atomic E-state index is 0.222. The maximum Gasteiger partial charge on any atom is 0.146 e. The molecule has 112 valence electrons. The van der Waals surface area contributed by atoms with E-state index in [1.807, 2.05) is 36.4 Å². The van der Waals surface area contributed by atoms with Crippen LogP contribution in [-0.4, -0.2) is 10.1 Å². The molecule has 5 heteroatoms. The molecule has 0 aliphatic heterocycles. The molecule has 0 aliphatic carbocycles. The van der Waals surface area contributed by atoms with Gasteiger partial charge in [-0.15, -0.1) is 0 Å². The average molecular weight is 333 g/mol. The number of rotatable bonds is 4. The summed E-state index contributed by atoms with van der Waals surface area (Å²) >= 11 is 11.9. The Morgan fingerprint density at radius 1 is 1.00 bits per heavy atom. The van der Waals surface area contributed by atoms with Crippen LogP contribution in [0.4, 0.5) is 0 Å². The Hall–Kier alpha value is -1.81. The topological polar surface area (TPSA) is 45.1 Å². The Labute approximate surface area is 138 Å². The molecular weight excluding hydrogens is 319 g/mol. The minimum atomic E-state index is 0.222. The van der Waals surface area contributed by atoms with Crippen molar-refractivity contribution in [2.24, 2.45) is 0 Å². The predicted octanol–water partition coefficient (Wildman–Crippen LogP) is 4.54. The van der Waals surface area contributed by atoms with E-state index >= 15 is 0 Å². The van der Waals surface area contributed by atoms with Crippen LogP contribution in [0.25, 0.3) is 10.9 Å². The lowest BCUT2D eigenvalue weighted by atomic mass is 10.1. The number of aromatic nitrogens is 1. The zero-order valence-electron chi connectivity index (χ0n) is 11.7. The zero-order chi connectivity index (χ0) is 15.5. The number of phenols is 1.